The minimum atomic E-state index is 0.595. The lowest BCUT2D eigenvalue weighted by Crippen LogP contribution is -2.43. The van der Waals surface area contributed by atoms with E-state index < -0.39 is 0 Å². The van der Waals surface area contributed by atoms with Crippen LogP contribution in [0.25, 0.3) is 0 Å². The first-order valence-corrected chi connectivity index (χ1v) is 5.42. The van der Waals surface area contributed by atoms with Gasteiger partial charge in [-0.2, -0.15) is 0 Å². The zero-order valence-electron chi connectivity index (χ0n) is 8.16. The third kappa shape index (κ3) is 1.21. The van der Waals surface area contributed by atoms with Gasteiger partial charge in [0.15, 0.2) is 5.96 Å². The Labute approximate surface area is 79.2 Å². The molecule has 13 heavy (non-hydrogen) atoms. The van der Waals surface area contributed by atoms with Crippen molar-refractivity contribution in [3.63, 3.8) is 0 Å². The molecule has 0 aromatic rings. The number of aliphatic imine (C=N–C) groups is 1. The predicted octanol–water partition coefficient (Wildman–Crippen LogP) is 0.818. The van der Waals surface area contributed by atoms with Crippen molar-refractivity contribution in [1.82, 2.24) is 10.2 Å². The van der Waals surface area contributed by atoms with E-state index in [2.05, 4.69) is 22.1 Å². The fourth-order valence-electron chi connectivity index (χ4n) is 2.59. The van der Waals surface area contributed by atoms with Crippen LogP contribution in [0.4, 0.5) is 0 Å². The normalized spacial score (nSPS) is 38.2. The highest BCUT2D eigenvalue weighted by Gasteiger charge is 2.40. The van der Waals surface area contributed by atoms with Crippen LogP contribution in [0.15, 0.2) is 4.99 Å². The van der Waals surface area contributed by atoms with Gasteiger partial charge in [0.2, 0.25) is 0 Å². The minimum Gasteiger partial charge on any atom is -0.352 e. The van der Waals surface area contributed by atoms with Gasteiger partial charge in [-0.05, 0) is 32.1 Å². The van der Waals surface area contributed by atoms with Crippen LogP contribution < -0.4 is 5.32 Å². The molecule has 0 aromatic heterocycles. The number of fused-ring (bicyclic) bond motifs is 1. The lowest BCUT2D eigenvalue weighted by Gasteiger charge is -2.32. The monoisotopic (exact) mass is 179 g/mol. The first kappa shape index (κ1) is 7.65. The molecule has 2 aliphatic heterocycles. The minimum absolute atomic E-state index is 0.595. The van der Waals surface area contributed by atoms with Gasteiger partial charge in [-0.15, -0.1) is 0 Å². The lowest BCUT2D eigenvalue weighted by molar-refractivity contribution is 0.270. The zero-order valence-corrected chi connectivity index (χ0v) is 8.16. The van der Waals surface area contributed by atoms with Crippen molar-refractivity contribution in [2.24, 2.45) is 10.9 Å². The third-order valence-corrected chi connectivity index (χ3v) is 3.37. The number of hydrogen-bond acceptors (Lipinski definition) is 3. The van der Waals surface area contributed by atoms with Gasteiger partial charge >= 0.3 is 0 Å². The summed E-state index contributed by atoms with van der Waals surface area (Å²) >= 11 is 0. The van der Waals surface area contributed by atoms with Crippen LogP contribution in [0.3, 0.4) is 0 Å². The second kappa shape index (κ2) is 2.63. The van der Waals surface area contributed by atoms with Gasteiger partial charge in [0.1, 0.15) is 0 Å². The van der Waals surface area contributed by atoms with Gasteiger partial charge in [0, 0.05) is 25.2 Å². The average Bonchev–Trinajstić information content (AvgIpc) is 2.86. The number of nitrogens with one attached hydrogen (secondary N) is 1. The first-order chi connectivity index (χ1) is 6.34. The van der Waals surface area contributed by atoms with Crippen LogP contribution in [0.5, 0.6) is 0 Å². The van der Waals surface area contributed by atoms with Crippen LogP contribution in [-0.4, -0.2) is 36.0 Å². The van der Waals surface area contributed by atoms with Gasteiger partial charge in [-0.1, -0.05) is 0 Å². The summed E-state index contributed by atoms with van der Waals surface area (Å²) in [5, 5.41) is 3.44. The Morgan fingerprint density at radius 1 is 1.38 bits per heavy atom. The molecular weight excluding hydrogens is 162 g/mol. The van der Waals surface area contributed by atoms with Crippen molar-refractivity contribution in [1.29, 1.82) is 0 Å². The fourth-order valence-corrected chi connectivity index (χ4v) is 2.59. The maximum absolute atomic E-state index is 4.53. The van der Waals surface area contributed by atoms with Crippen LogP contribution in [0, 0.1) is 5.92 Å². The molecule has 0 aromatic carbocycles. The summed E-state index contributed by atoms with van der Waals surface area (Å²) in [6.07, 6.45) is 4.17. The van der Waals surface area contributed by atoms with Crippen LogP contribution >= 0.6 is 0 Å². The molecule has 0 radical (unpaired) electrons. The van der Waals surface area contributed by atoms with Gasteiger partial charge < -0.3 is 10.2 Å². The topological polar surface area (TPSA) is 27.6 Å². The largest absolute Gasteiger partial charge is 0.352 e. The number of rotatable bonds is 1. The molecule has 2 atom stereocenters. The van der Waals surface area contributed by atoms with Crippen molar-refractivity contribution < 1.29 is 0 Å². The summed E-state index contributed by atoms with van der Waals surface area (Å²) in [7, 11) is 0. The summed E-state index contributed by atoms with van der Waals surface area (Å²) in [5.74, 6) is 2.16. The summed E-state index contributed by atoms with van der Waals surface area (Å²) in [4.78, 5) is 7.04. The molecule has 2 unspecified atom stereocenters. The second-order valence-corrected chi connectivity index (χ2v) is 4.60. The standard InChI is InChI=1S/C10H17N3/c1-7-6-13-9(8-2-3-8)4-5-11-10(13)12-7/h7-9H,2-6H2,1H3,(H,11,12). The van der Waals surface area contributed by atoms with Crippen molar-refractivity contribution in [2.75, 3.05) is 13.1 Å². The Bertz CT molecular complexity index is 245. The molecule has 1 saturated heterocycles. The first-order valence-electron chi connectivity index (χ1n) is 5.42. The smallest absolute Gasteiger partial charge is 0.194 e. The molecule has 0 spiro atoms. The highest BCUT2D eigenvalue weighted by atomic mass is 15.4. The van der Waals surface area contributed by atoms with Gasteiger partial charge in [0.05, 0.1) is 0 Å². The molecular formula is C10H17N3. The molecule has 3 aliphatic rings. The molecule has 3 rings (SSSR count). The van der Waals surface area contributed by atoms with Crippen LogP contribution in [0.2, 0.25) is 0 Å². The van der Waals surface area contributed by atoms with Crippen LogP contribution in [-0.2, 0) is 0 Å². The SMILES string of the molecule is CC1CN2C(=NCCC2C2CC2)N1. The molecule has 3 nitrogen and oxygen atoms in total. The van der Waals surface area contributed by atoms with E-state index in [1.807, 2.05) is 0 Å². The Kier molecular flexibility index (Phi) is 1.55. The zero-order chi connectivity index (χ0) is 8.84. The summed E-state index contributed by atoms with van der Waals surface area (Å²) in [5.41, 5.74) is 0. The molecule has 2 heterocycles. The molecule has 1 N–H and O–H groups in total. The van der Waals surface area contributed by atoms with Crippen molar-refractivity contribution in [2.45, 2.75) is 38.3 Å². The summed E-state index contributed by atoms with van der Waals surface area (Å²) in [6.45, 7) is 4.44. The van der Waals surface area contributed by atoms with E-state index in [0.717, 1.165) is 18.5 Å². The molecule has 2 fully saturated rings. The quantitative estimate of drug-likeness (QED) is 0.645. The van der Waals surface area contributed by atoms with E-state index in [0.29, 0.717) is 6.04 Å². The fraction of sp³-hybridized carbons (Fsp3) is 0.900. The predicted molar refractivity (Wildman–Crippen MR) is 52.7 cm³/mol. The van der Waals surface area contributed by atoms with E-state index in [1.165, 1.54) is 31.8 Å². The average molecular weight is 179 g/mol. The molecule has 72 valence electrons. The molecule has 1 aliphatic carbocycles. The van der Waals surface area contributed by atoms with E-state index in [1.54, 1.807) is 0 Å². The highest BCUT2D eigenvalue weighted by molar-refractivity contribution is 5.83. The van der Waals surface area contributed by atoms with Gasteiger partial charge in [-0.3, -0.25) is 4.99 Å². The van der Waals surface area contributed by atoms with E-state index in [4.69, 9.17) is 0 Å². The van der Waals surface area contributed by atoms with Crippen molar-refractivity contribution >= 4 is 5.96 Å². The maximum atomic E-state index is 4.53. The molecule has 0 amide bonds. The van der Waals surface area contributed by atoms with Gasteiger partial charge in [-0.25, -0.2) is 0 Å². The summed E-state index contributed by atoms with van der Waals surface area (Å²) in [6, 6.07) is 1.41. The number of hydrogen-bond donors (Lipinski definition) is 1. The Morgan fingerprint density at radius 3 is 3.00 bits per heavy atom. The van der Waals surface area contributed by atoms with Crippen molar-refractivity contribution in [3.8, 4) is 0 Å². The van der Waals surface area contributed by atoms with Crippen molar-refractivity contribution in [3.05, 3.63) is 0 Å². The Morgan fingerprint density at radius 2 is 2.23 bits per heavy atom. The van der Waals surface area contributed by atoms with Gasteiger partial charge in [0.25, 0.3) is 0 Å². The van der Waals surface area contributed by atoms with E-state index >= 15 is 0 Å². The van der Waals surface area contributed by atoms with E-state index in [-0.39, 0.29) is 0 Å². The Hall–Kier alpha value is -0.730. The molecule has 0 bridgehead atoms. The molecule has 1 saturated carbocycles. The lowest BCUT2D eigenvalue weighted by atomic mass is 10.1. The number of guanidine groups is 1. The Balaban J connectivity index is 1.81. The number of nitrogens with zero attached hydrogens (tertiary/aromatic N) is 2. The second-order valence-electron chi connectivity index (χ2n) is 4.60. The molecule has 3 heteroatoms. The third-order valence-electron chi connectivity index (χ3n) is 3.37. The highest BCUT2D eigenvalue weighted by Crippen LogP contribution is 2.38. The van der Waals surface area contributed by atoms with E-state index in [9.17, 15) is 0 Å². The summed E-state index contributed by atoms with van der Waals surface area (Å²) < 4.78 is 0. The van der Waals surface area contributed by atoms with Crippen LogP contribution in [0.1, 0.15) is 26.2 Å². The maximum Gasteiger partial charge on any atom is 0.194 e.